The van der Waals surface area contributed by atoms with E-state index in [0.717, 1.165) is 12.7 Å². The first-order chi connectivity index (χ1) is 7.71. The molecule has 0 saturated heterocycles. The molecule has 0 amide bonds. The molecular weight excluding hydrogens is 204 g/mol. The first-order valence-electron chi connectivity index (χ1n) is 5.47. The van der Waals surface area contributed by atoms with Gasteiger partial charge in [-0.3, -0.25) is 4.79 Å². The first-order valence-corrected chi connectivity index (χ1v) is 5.47. The summed E-state index contributed by atoms with van der Waals surface area (Å²) < 4.78 is 10.7. The molecule has 0 bridgehead atoms. The third kappa shape index (κ3) is 3.26. The molecule has 1 atom stereocenters. The number of ether oxygens (including phenoxy) is 2. The molecule has 3 heteroatoms. The Kier molecular flexibility index (Phi) is 4.83. The van der Waals surface area contributed by atoms with Crippen LogP contribution in [0.5, 0.6) is 11.5 Å². The summed E-state index contributed by atoms with van der Waals surface area (Å²) in [6.07, 6.45) is 1.85. The van der Waals surface area contributed by atoms with E-state index in [1.54, 1.807) is 25.3 Å². The molecule has 16 heavy (non-hydrogen) atoms. The van der Waals surface area contributed by atoms with E-state index in [9.17, 15) is 4.79 Å². The fourth-order valence-corrected chi connectivity index (χ4v) is 1.21. The Morgan fingerprint density at radius 1 is 1.44 bits per heavy atom. The lowest BCUT2D eigenvalue weighted by atomic mass is 10.1. The van der Waals surface area contributed by atoms with Gasteiger partial charge < -0.3 is 9.47 Å². The average Bonchev–Trinajstić information content (AvgIpc) is 2.35. The van der Waals surface area contributed by atoms with Crippen LogP contribution in [0.2, 0.25) is 0 Å². The molecule has 1 aromatic rings. The van der Waals surface area contributed by atoms with Gasteiger partial charge in [0.25, 0.3) is 0 Å². The van der Waals surface area contributed by atoms with Gasteiger partial charge in [-0.1, -0.05) is 20.3 Å². The Bertz CT molecular complexity index is 347. The Balaban J connectivity index is 2.79. The highest BCUT2D eigenvalue weighted by Gasteiger charge is 2.07. The Labute approximate surface area is 96.4 Å². The molecule has 3 nitrogen and oxygen atoms in total. The minimum absolute atomic E-state index is 0.478. The molecule has 0 aliphatic rings. The highest BCUT2D eigenvalue weighted by Crippen LogP contribution is 2.24. The summed E-state index contributed by atoms with van der Waals surface area (Å²) in [5.41, 5.74) is 0.559. The van der Waals surface area contributed by atoms with Gasteiger partial charge in [0.05, 0.1) is 19.3 Å². The van der Waals surface area contributed by atoms with E-state index in [-0.39, 0.29) is 0 Å². The molecule has 0 fully saturated rings. The maximum Gasteiger partial charge on any atom is 0.153 e. The second kappa shape index (κ2) is 6.16. The highest BCUT2D eigenvalue weighted by atomic mass is 16.5. The fourth-order valence-electron chi connectivity index (χ4n) is 1.21. The van der Waals surface area contributed by atoms with Crippen LogP contribution in [0.3, 0.4) is 0 Å². The molecule has 0 radical (unpaired) electrons. The van der Waals surface area contributed by atoms with E-state index in [1.165, 1.54) is 0 Å². The van der Waals surface area contributed by atoms with Crippen LogP contribution in [0.15, 0.2) is 18.2 Å². The Hall–Kier alpha value is -1.51. The summed E-state index contributed by atoms with van der Waals surface area (Å²) in [6.45, 7) is 4.84. The molecule has 0 aromatic heterocycles. The molecule has 0 heterocycles. The summed E-state index contributed by atoms with van der Waals surface area (Å²) >= 11 is 0. The molecule has 0 N–H and O–H groups in total. The number of carbonyl (C=O) groups excluding carboxylic acids is 1. The molecule has 0 aliphatic carbocycles. The molecule has 88 valence electrons. The molecule has 1 unspecified atom stereocenters. The van der Waals surface area contributed by atoms with Gasteiger partial charge in [-0.2, -0.15) is 0 Å². The van der Waals surface area contributed by atoms with Gasteiger partial charge in [-0.05, 0) is 18.1 Å². The zero-order valence-corrected chi connectivity index (χ0v) is 10.0. The van der Waals surface area contributed by atoms with Crippen LogP contribution < -0.4 is 9.47 Å². The summed E-state index contributed by atoms with van der Waals surface area (Å²) in [4.78, 5) is 10.8. The molecule has 0 aliphatic heterocycles. The van der Waals surface area contributed by atoms with Crippen LogP contribution in [-0.2, 0) is 0 Å². The van der Waals surface area contributed by atoms with Gasteiger partial charge in [0.15, 0.2) is 6.29 Å². The number of rotatable bonds is 6. The number of benzene rings is 1. The molecule has 1 rings (SSSR count). The SMILES string of the molecule is CCC(C)COc1cc(OC)ccc1C=O. The van der Waals surface area contributed by atoms with Crippen molar-refractivity contribution in [1.29, 1.82) is 0 Å². The highest BCUT2D eigenvalue weighted by molar-refractivity contribution is 5.79. The van der Waals surface area contributed by atoms with Crippen molar-refractivity contribution in [1.82, 2.24) is 0 Å². The molecular formula is C13H18O3. The van der Waals surface area contributed by atoms with Crippen molar-refractivity contribution in [3.63, 3.8) is 0 Å². The van der Waals surface area contributed by atoms with Gasteiger partial charge in [-0.15, -0.1) is 0 Å². The van der Waals surface area contributed by atoms with E-state index in [0.29, 0.717) is 29.6 Å². The van der Waals surface area contributed by atoms with Gasteiger partial charge in [0, 0.05) is 6.07 Å². The van der Waals surface area contributed by atoms with E-state index in [4.69, 9.17) is 9.47 Å². The maximum absolute atomic E-state index is 10.8. The maximum atomic E-state index is 10.8. The standard InChI is InChI=1S/C13H18O3/c1-4-10(2)9-16-13-7-12(15-3)6-5-11(13)8-14/h5-8,10H,4,9H2,1-3H3. The normalized spacial score (nSPS) is 11.9. The van der Waals surface area contributed by atoms with Crippen molar-refractivity contribution in [3.8, 4) is 11.5 Å². The van der Waals surface area contributed by atoms with E-state index in [1.807, 2.05) is 0 Å². The van der Waals surface area contributed by atoms with Crippen LogP contribution in [0.4, 0.5) is 0 Å². The number of hydrogen-bond acceptors (Lipinski definition) is 3. The predicted octanol–water partition coefficient (Wildman–Crippen LogP) is 2.93. The first kappa shape index (κ1) is 12.6. The van der Waals surface area contributed by atoms with E-state index in [2.05, 4.69) is 13.8 Å². The number of methoxy groups -OCH3 is 1. The van der Waals surface area contributed by atoms with Crippen LogP contribution in [0.25, 0.3) is 0 Å². The van der Waals surface area contributed by atoms with E-state index >= 15 is 0 Å². The third-order valence-corrected chi connectivity index (χ3v) is 2.57. The van der Waals surface area contributed by atoms with Gasteiger partial charge in [0.1, 0.15) is 11.5 Å². The van der Waals surface area contributed by atoms with Crippen molar-refractivity contribution in [2.75, 3.05) is 13.7 Å². The van der Waals surface area contributed by atoms with Gasteiger partial charge in [-0.25, -0.2) is 0 Å². The fraction of sp³-hybridized carbons (Fsp3) is 0.462. The zero-order chi connectivity index (χ0) is 12.0. The average molecular weight is 222 g/mol. The summed E-state index contributed by atoms with van der Waals surface area (Å²) in [6, 6.07) is 5.20. The quantitative estimate of drug-likeness (QED) is 0.694. The Morgan fingerprint density at radius 3 is 2.75 bits per heavy atom. The minimum atomic E-state index is 0.478. The topological polar surface area (TPSA) is 35.5 Å². The van der Waals surface area contributed by atoms with Crippen LogP contribution in [0.1, 0.15) is 30.6 Å². The summed E-state index contributed by atoms with van der Waals surface area (Å²) in [5, 5.41) is 0. The van der Waals surface area contributed by atoms with Gasteiger partial charge >= 0.3 is 0 Å². The lowest BCUT2D eigenvalue weighted by molar-refractivity contribution is 0.111. The summed E-state index contributed by atoms with van der Waals surface area (Å²) in [7, 11) is 1.59. The zero-order valence-electron chi connectivity index (χ0n) is 10.0. The number of aldehydes is 1. The molecule has 1 aromatic carbocycles. The molecule has 0 saturated carbocycles. The van der Waals surface area contributed by atoms with Crippen LogP contribution in [-0.4, -0.2) is 20.0 Å². The lowest BCUT2D eigenvalue weighted by Gasteiger charge is -2.13. The summed E-state index contributed by atoms with van der Waals surface area (Å²) in [5.74, 6) is 1.77. The molecule has 0 spiro atoms. The lowest BCUT2D eigenvalue weighted by Crippen LogP contribution is -2.08. The van der Waals surface area contributed by atoms with Crippen molar-refractivity contribution in [2.24, 2.45) is 5.92 Å². The second-order valence-corrected chi connectivity index (χ2v) is 3.85. The largest absolute Gasteiger partial charge is 0.497 e. The van der Waals surface area contributed by atoms with Crippen molar-refractivity contribution < 1.29 is 14.3 Å². The van der Waals surface area contributed by atoms with Crippen molar-refractivity contribution in [3.05, 3.63) is 23.8 Å². The van der Waals surface area contributed by atoms with Crippen molar-refractivity contribution in [2.45, 2.75) is 20.3 Å². The van der Waals surface area contributed by atoms with E-state index < -0.39 is 0 Å². The van der Waals surface area contributed by atoms with Gasteiger partial charge in [0.2, 0.25) is 0 Å². The van der Waals surface area contributed by atoms with Crippen molar-refractivity contribution >= 4 is 6.29 Å². The third-order valence-electron chi connectivity index (χ3n) is 2.57. The number of carbonyl (C=O) groups is 1. The second-order valence-electron chi connectivity index (χ2n) is 3.85. The monoisotopic (exact) mass is 222 g/mol. The van der Waals surface area contributed by atoms with Crippen LogP contribution in [0, 0.1) is 5.92 Å². The van der Waals surface area contributed by atoms with Crippen LogP contribution >= 0.6 is 0 Å². The Morgan fingerprint density at radius 2 is 2.19 bits per heavy atom. The predicted molar refractivity (Wildman–Crippen MR) is 63.3 cm³/mol. The number of hydrogen-bond donors (Lipinski definition) is 0. The smallest absolute Gasteiger partial charge is 0.153 e. The minimum Gasteiger partial charge on any atom is -0.497 e.